The van der Waals surface area contributed by atoms with E-state index in [0.717, 1.165) is 19.6 Å². The fraction of sp³-hybridized carbons (Fsp3) is 1.00. The van der Waals surface area contributed by atoms with Crippen LogP contribution in [0.2, 0.25) is 0 Å². The van der Waals surface area contributed by atoms with Crippen molar-refractivity contribution in [2.75, 3.05) is 26.7 Å². The Labute approximate surface area is 74.9 Å². The minimum atomic E-state index is 0.203. The summed E-state index contributed by atoms with van der Waals surface area (Å²) in [4.78, 5) is 2.38. The molecule has 2 atom stereocenters. The quantitative estimate of drug-likeness (QED) is 0.665. The molecule has 1 saturated heterocycles. The number of hydrogen-bond acceptors (Lipinski definition) is 3. The first kappa shape index (κ1) is 9.96. The molecule has 12 heavy (non-hydrogen) atoms. The number of hydrogen-bond donors (Lipinski definition) is 1. The Morgan fingerprint density at radius 2 is 2.17 bits per heavy atom. The molecule has 0 aliphatic carbocycles. The normalized spacial score (nSPS) is 31.8. The summed E-state index contributed by atoms with van der Waals surface area (Å²) in [5.41, 5.74) is 5.89. The van der Waals surface area contributed by atoms with Crippen molar-refractivity contribution in [3.63, 3.8) is 0 Å². The highest BCUT2D eigenvalue weighted by molar-refractivity contribution is 4.87. The van der Waals surface area contributed by atoms with Crippen molar-refractivity contribution >= 4 is 0 Å². The lowest BCUT2D eigenvalue weighted by molar-refractivity contribution is 0.0971. The van der Waals surface area contributed by atoms with Crippen LogP contribution < -0.4 is 5.73 Å². The second kappa shape index (κ2) is 4.21. The molecule has 0 amide bonds. The van der Waals surface area contributed by atoms with Crippen LogP contribution in [0.15, 0.2) is 0 Å². The maximum Gasteiger partial charge on any atom is 0.0861 e. The van der Waals surface area contributed by atoms with Gasteiger partial charge in [-0.25, -0.2) is 0 Å². The fourth-order valence-electron chi connectivity index (χ4n) is 1.79. The van der Waals surface area contributed by atoms with Gasteiger partial charge < -0.3 is 10.5 Å². The number of nitrogens with two attached hydrogens (primary N) is 1. The number of rotatable bonds is 3. The van der Waals surface area contributed by atoms with Crippen molar-refractivity contribution in [2.24, 2.45) is 11.7 Å². The highest BCUT2D eigenvalue weighted by atomic mass is 16.5. The van der Waals surface area contributed by atoms with Gasteiger partial charge in [-0.2, -0.15) is 0 Å². The summed E-state index contributed by atoms with van der Waals surface area (Å²) < 4.78 is 5.27. The fourth-order valence-corrected chi connectivity index (χ4v) is 1.79. The van der Waals surface area contributed by atoms with E-state index in [1.807, 2.05) is 0 Å². The van der Waals surface area contributed by atoms with Gasteiger partial charge in [0.05, 0.1) is 6.10 Å². The van der Waals surface area contributed by atoms with E-state index in [-0.39, 0.29) is 12.1 Å². The lowest BCUT2D eigenvalue weighted by Gasteiger charge is -2.17. The topological polar surface area (TPSA) is 38.5 Å². The summed E-state index contributed by atoms with van der Waals surface area (Å²) in [6.07, 6.45) is 0.240. The molecule has 1 fully saturated rings. The highest BCUT2D eigenvalue weighted by Gasteiger charge is 2.29. The molecule has 0 aromatic carbocycles. The maximum absolute atomic E-state index is 5.89. The first-order chi connectivity index (χ1) is 5.63. The average molecular weight is 172 g/mol. The first-order valence-corrected chi connectivity index (χ1v) is 4.64. The van der Waals surface area contributed by atoms with Gasteiger partial charge in [0, 0.05) is 32.8 Å². The monoisotopic (exact) mass is 172 g/mol. The van der Waals surface area contributed by atoms with Crippen LogP contribution in [0.1, 0.15) is 13.8 Å². The summed E-state index contributed by atoms with van der Waals surface area (Å²) in [6, 6.07) is 0.203. The van der Waals surface area contributed by atoms with Crippen LogP contribution in [0.3, 0.4) is 0 Å². The van der Waals surface area contributed by atoms with E-state index in [1.54, 1.807) is 7.11 Å². The van der Waals surface area contributed by atoms with Gasteiger partial charge in [0.15, 0.2) is 0 Å². The van der Waals surface area contributed by atoms with E-state index in [1.165, 1.54) is 0 Å². The molecule has 0 radical (unpaired) electrons. The third-order valence-corrected chi connectivity index (χ3v) is 2.31. The summed E-state index contributed by atoms with van der Waals surface area (Å²) in [7, 11) is 1.74. The molecule has 0 bridgehead atoms. The molecule has 1 aliphatic rings. The largest absolute Gasteiger partial charge is 0.378 e. The number of methoxy groups -OCH3 is 1. The standard InChI is InChI=1S/C9H20N2O/c1-7(2)4-11-5-8(10)9(6-11)12-3/h7-9H,4-6,10H2,1-3H3. The van der Waals surface area contributed by atoms with E-state index < -0.39 is 0 Å². The van der Waals surface area contributed by atoms with Gasteiger partial charge in [-0.1, -0.05) is 13.8 Å². The first-order valence-electron chi connectivity index (χ1n) is 4.64. The van der Waals surface area contributed by atoms with Gasteiger partial charge in [0.1, 0.15) is 0 Å². The van der Waals surface area contributed by atoms with Crippen LogP contribution >= 0.6 is 0 Å². The number of ether oxygens (including phenoxy) is 1. The van der Waals surface area contributed by atoms with Crippen LogP contribution in [0, 0.1) is 5.92 Å². The molecule has 1 heterocycles. The molecule has 3 nitrogen and oxygen atoms in total. The lowest BCUT2D eigenvalue weighted by atomic mass is 10.2. The Kier molecular flexibility index (Phi) is 3.50. The lowest BCUT2D eigenvalue weighted by Crippen LogP contribution is -2.34. The number of likely N-dealkylation sites (tertiary alicyclic amines) is 1. The summed E-state index contributed by atoms with van der Waals surface area (Å²) in [6.45, 7) is 7.57. The van der Waals surface area contributed by atoms with Gasteiger partial charge in [0.25, 0.3) is 0 Å². The van der Waals surface area contributed by atoms with E-state index in [0.29, 0.717) is 5.92 Å². The molecule has 3 heteroatoms. The second-order valence-electron chi connectivity index (χ2n) is 4.05. The van der Waals surface area contributed by atoms with Crippen molar-refractivity contribution < 1.29 is 4.74 Å². The van der Waals surface area contributed by atoms with Crippen LogP contribution in [0.25, 0.3) is 0 Å². The summed E-state index contributed by atoms with van der Waals surface area (Å²) >= 11 is 0. The third-order valence-electron chi connectivity index (χ3n) is 2.31. The molecule has 0 spiro atoms. The zero-order valence-corrected chi connectivity index (χ0v) is 8.29. The Morgan fingerprint density at radius 3 is 2.58 bits per heavy atom. The predicted molar refractivity (Wildman–Crippen MR) is 50.1 cm³/mol. The van der Waals surface area contributed by atoms with E-state index >= 15 is 0 Å². The van der Waals surface area contributed by atoms with Gasteiger partial charge in [-0.3, -0.25) is 4.90 Å². The van der Waals surface area contributed by atoms with Crippen molar-refractivity contribution in [2.45, 2.75) is 26.0 Å². The summed E-state index contributed by atoms with van der Waals surface area (Å²) in [5, 5.41) is 0. The third kappa shape index (κ3) is 2.44. The van der Waals surface area contributed by atoms with Crippen molar-refractivity contribution in [1.82, 2.24) is 4.90 Å². The molecular formula is C9H20N2O. The zero-order chi connectivity index (χ0) is 9.14. The van der Waals surface area contributed by atoms with Crippen molar-refractivity contribution in [1.29, 1.82) is 0 Å². The van der Waals surface area contributed by atoms with E-state index in [2.05, 4.69) is 18.7 Å². The molecule has 1 aliphatic heterocycles. The molecule has 0 aromatic heterocycles. The zero-order valence-electron chi connectivity index (χ0n) is 8.29. The SMILES string of the molecule is COC1CN(CC(C)C)CC1N. The van der Waals surface area contributed by atoms with Crippen LogP contribution in [-0.4, -0.2) is 43.8 Å². The molecule has 72 valence electrons. The molecule has 0 saturated carbocycles. The Bertz CT molecular complexity index is 138. The van der Waals surface area contributed by atoms with Crippen LogP contribution in [-0.2, 0) is 4.74 Å². The van der Waals surface area contributed by atoms with Crippen LogP contribution in [0.5, 0.6) is 0 Å². The van der Waals surface area contributed by atoms with Crippen LogP contribution in [0.4, 0.5) is 0 Å². The van der Waals surface area contributed by atoms with Crippen molar-refractivity contribution in [3.8, 4) is 0 Å². The van der Waals surface area contributed by atoms with Gasteiger partial charge >= 0.3 is 0 Å². The Morgan fingerprint density at radius 1 is 1.50 bits per heavy atom. The average Bonchev–Trinajstić information content (AvgIpc) is 2.29. The smallest absolute Gasteiger partial charge is 0.0861 e. The van der Waals surface area contributed by atoms with E-state index in [4.69, 9.17) is 10.5 Å². The minimum Gasteiger partial charge on any atom is -0.378 e. The summed E-state index contributed by atoms with van der Waals surface area (Å²) in [5.74, 6) is 0.716. The highest BCUT2D eigenvalue weighted by Crippen LogP contribution is 2.12. The maximum atomic E-state index is 5.89. The van der Waals surface area contributed by atoms with Gasteiger partial charge in [-0.05, 0) is 5.92 Å². The second-order valence-corrected chi connectivity index (χ2v) is 4.05. The van der Waals surface area contributed by atoms with E-state index in [9.17, 15) is 0 Å². The molecule has 2 N–H and O–H groups in total. The Hall–Kier alpha value is -0.120. The van der Waals surface area contributed by atoms with Crippen molar-refractivity contribution in [3.05, 3.63) is 0 Å². The van der Waals surface area contributed by atoms with Gasteiger partial charge in [-0.15, -0.1) is 0 Å². The molecule has 1 rings (SSSR count). The molecule has 2 unspecified atom stereocenters. The predicted octanol–water partition coefficient (Wildman–Crippen LogP) is 0.300. The van der Waals surface area contributed by atoms with Gasteiger partial charge in [0.2, 0.25) is 0 Å². The molecular weight excluding hydrogens is 152 g/mol. The number of nitrogens with zero attached hydrogens (tertiary/aromatic N) is 1. The Balaban J connectivity index is 2.33. The molecule has 0 aromatic rings. The minimum absolute atomic E-state index is 0.203.